The molecule has 0 saturated heterocycles. The third kappa shape index (κ3) is 3.40. The molecule has 3 nitrogen and oxygen atoms in total. The van der Waals surface area contributed by atoms with Gasteiger partial charge in [-0.1, -0.05) is 6.07 Å². The van der Waals surface area contributed by atoms with Crippen LogP contribution in [0.15, 0.2) is 24.3 Å². The lowest BCUT2D eigenvalue weighted by Crippen LogP contribution is -2.25. The van der Waals surface area contributed by atoms with Crippen LogP contribution in [0, 0.1) is 0 Å². The lowest BCUT2D eigenvalue weighted by atomic mass is 10.3. The highest BCUT2D eigenvalue weighted by atomic mass is 32.1. The molecule has 0 heterocycles. The van der Waals surface area contributed by atoms with Gasteiger partial charge in [-0.3, -0.25) is 0 Å². The molecule has 0 spiro atoms. The summed E-state index contributed by atoms with van der Waals surface area (Å²) >= 11 is 5.06. The predicted octanol–water partition coefficient (Wildman–Crippen LogP) is 1.98. The molecule has 82 valence electrons. The highest BCUT2D eigenvalue weighted by Crippen LogP contribution is 2.19. The third-order valence-corrected chi connectivity index (χ3v) is 2.35. The van der Waals surface area contributed by atoms with Crippen molar-refractivity contribution < 1.29 is 4.74 Å². The number of rotatable bonds is 2. The average Bonchev–Trinajstić information content (AvgIpc) is 2.18. The Hall–Kier alpha value is -1.29. The van der Waals surface area contributed by atoms with Crippen LogP contribution < -0.4 is 9.64 Å². The topological polar surface area (TPSA) is 15.7 Å². The number of nitrogens with zero attached hydrogens (tertiary/aromatic N) is 2. The Morgan fingerprint density at radius 3 is 2.40 bits per heavy atom. The van der Waals surface area contributed by atoms with Gasteiger partial charge in [0.2, 0.25) is 0 Å². The molecular weight excluding hydrogens is 208 g/mol. The van der Waals surface area contributed by atoms with Crippen molar-refractivity contribution in [3.8, 4) is 5.75 Å². The number of ether oxygens (including phenoxy) is 1. The molecule has 0 fully saturated rings. The maximum Gasteiger partial charge on any atom is 0.264 e. The predicted molar refractivity (Wildman–Crippen MR) is 67.7 cm³/mol. The lowest BCUT2D eigenvalue weighted by Gasteiger charge is -2.16. The molecule has 0 amide bonds. The summed E-state index contributed by atoms with van der Waals surface area (Å²) in [7, 11) is 7.70. The van der Waals surface area contributed by atoms with Crippen molar-refractivity contribution in [1.82, 2.24) is 4.90 Å². The maximum absolute atomic E-state index is 5.50. The fraction of sp³-hybridized carbons (Fsp3) is 0.364. The standard InChI is InChI=1S/C11H16N2OS/c1-12(2)9-6-5-7-10(8-9)14-11(15)13(3)4/h5-8H,1-4H3. The molecule has 0 saturated carbocycles. The van der Waals surface area contributed by atoms with E-state index in [0.29, 0.717) is 5.17 Å². The Bertz CT molecular complexity index is 350. The minimum atomic E-state index is 0.464. The van der Waals surface area contributed by atoms with Crippen molar-refractivity contribution in [2.45, 2.75) is 0 Å². The second-order valence-electron chi connectivity index (χ2n) is 3.65. The van der Waals surface area contributed by atoms with Crippen LogP contribution in [0.3, 0.4) is 0 Å². The first-order valence-electron chi connectivity index (χ1n) is 4.67. The Morgan fingerprint density at radius 1 is 1.20 bits per heavy atom. The Balaban J connectivity index is 2.78. The zero-order valence-corrected chi connectivity index (χ0v) is 10.3. The molecule has 15 heavy (non-hydrogen) atoms. The summed E-state index contributed by atoms with van der Waals surface area (Å²) in [6.07, 6.45) is 0. The van der Waals surface area contributed by atoms with E-state index >= 15 is 0 Å². The molecule has 1 aromatic rings. The van der Waals surface area contributed by atoms with E-state index in [0.717, 1.165) is 11.4 Å². The highest BCUT2D eigenvalue weighted by molar-refractivity contribution is 7.80. The number of benzene rings is 1. The van der Waals surface area contributed by atoms with Crippen LogP contribution in [0.25, 0.3) is 0 Å². The lowest BCUT2D eigenvalue weighted by molar-refractivity contribution is 0.449. The van der Waals surface area contributed by atoms with Crippen molar-refractivity contribution in [3.05, 3.63) is 24.3 Å². The Labute approximate surface area is 96.2 Å². The Kier molecular flexibility index (Phi) is 3.91. The van der Waals surface area contributed by atoms with Gasteiger partial charge in [-0.05, 0) is 24.4 Å². The minimum absolute atomic E-state index is 0.464. The van der Waals surface area contributed by atoms with E-state index in [1.807, 2.05) is 57.4 Å². The quantitative estimate of drug-likeness (QED) is 0.713. The number of anilines is 1. The van der Waals surface area contributed by atoms with Crippen LogP contribution in [0.4, 0.5) is 5.69 Å². The first kappa shape index (κ1) is 11.8. The smallest absolute Gasteiger partial charge is 0.264 e. The number of hydrogen-bond donors (Lipinski definition) is 0. The van der Waals surface area contributed by atoms with E-state index in [4.69, 9.17) is 17.0 Å². The zero-order valence-electron chi connectivity index (χ0n) is 9.52. The molecule has 0 N–H and O–H groups in total. The fourth-order valence-electron chi connectivity index (χ4n) is 1.02. The van der Waals surface area contributed by atoms with Gasteiger partial charge < -0.3 is 14.5 Å². The van der Waals surface area contributed by atoms with E-state index in [1.54, 1.807) is 4.90 Å². The van der Waals surface area contributed by atoms with Gasteiger partial charge in [0.25, 0.3) is 5.17 Å². The summed E-state index contributed by atoms with van der Waals surface area (Å²) in [5.41, 5.74) is 1.09. The fourth-order valence-corrected chi connectivity index (χ4v) is 1.11. The van der Waals surface area contributed by atoms with E-state index in [1.165, 1.54) is 0 Å². The molecule has 0 radical (unpaired) electrons. The molecule has 0 atom stereocenters. The summed E-state index contributed by atoms with van der Waals surface area (Å²) in [6, 6.07) is 7.81. The van der Waals surface area contributed by atoms with Crippen LogP contribution in [-0.4, -0.2) is 38.3 Å². The summed E-state index contributed by atoms with van der Waals surface area (Å²) in [6.45, 7) is 0. The van der Waals surface area contributed by atoms with Crippen LogP contribution in [0.5, 0.6) is 5.75 Å². The molecule has 1 rings (SSSR count). The Morgan fingerprint density at radius 2 is 1.87 bits per heavy atom. The second kappa shape index (κ2) is 4.98. The molecule has 0 aromatic heterocycles. The zero-order chi connectivity index (χ0) is 11.4. The van der Waals surface area contributed by atoms with Crippen molar-refractivity contribution in [2.24, 2.45) is 0 Å². The molecular formula is C11H16N2OS. The molecule has 1 aromatic carbocycles. The largest absolute Gasteiger partial charge is 0.432 e. The molecule has 0 aliphatic carbocycles. The normalized spacial score (nSPS) is 9.60. The van der Waals surface area contributed by atoms with Gasteiger partial charge in [-0.25, -0.2) is 0 Å². The van der Waals surface area contributed by atoms with Crippen molar-refractivity contribution in [2.75, 3.05) is 33.1 Å². The van der Waals surface area contributed by atoms with E-state index in [-0.39, 0.29) is 0 Å². The SMILES string of the molecule is CN(C)C(=S)Oc1cccc(N(C)C)c1. The van der Waals surface area contributed by atoms with E-state index in [2.05, 4.69) is 0 Å². The van der Waals surface area contributed by atoms with E-state index in [9.17, 15) is 0 Å². The van der Waals surface area contributed by atoms with Gasteiger partial charge in [-0.2, -0.15) is 0 Å². The van der Waals surface area contributed by atoms with Gasteiger partial charge >= 0.3 is 0 Å². The van der Waals surface area contributed by atoms with Crippen molar-refractivity contribution in [1.29, 1.82) is 0 Å². The molecule has 0 bridgehead atoms. The van der Waals surface area contributed by atoms with Crippen LogP contribution in [0.1, 0.15) is 0 Å². The maximum atomic E-state index is 5.50. The number of thiocarbonyl (C=S) groups is 1. The third-order valence-electron chi connectivity index (χ3n) is 1.90. The first-order chi connectivity index (χ1) is 7.00. The average molecular weight is 224 g/mol. The summed E-state index contributed by atoms with van der Waals surface area (Å²) in [5.74, 6) is 0.764. The monoisotopic (exact) mass is 224 g/mol. The highest BCUT2D eigenvalue weighted by Gasteiger charge is 2.03. The van der Waals surface area contributed by atoms with Crippen LogP contribution in [-0.2, 0) is 0 Å². The van der Waals surface area contributed by atoms with Gasteiger partial charge in [0.15, 0.2) is 0 Å². The second-order valence-corrected chi connectivity index (χ2v) is 4.00. The summed E-state index contributed by atoms with van der Waals surface area (Å²) in [5, 5.41) is 0.464. The number of hydrogen-bond acceptors (Lipinski definition) is 3. The molecule has 0 aliphatic heterocycles. The minimum Gasteiger partial charge on any atom is -0.432 e. The summed E-state index contributed by atoms with van der Waals surface area (Å²) in [4.78, 5) is 3.78. The molecule has 4 heteroatoms. The van der Waals surface area contributed by atoms with Crippen molar-refractivity contribution in [3.63, 3.8) is 0 Å². The molecule has 0 aliphatic rings. The van der Waals surface area contributed by atoms with Crippen molar-refractivity contribution >= 4 is 23.1 Å². The van der Waals surface area contributed by atoms with E-state index < -0.39 is 0 Å². The van der Waals surface area contributed by atoms with Gasteiger partial charge in [0.1, 0.15) is 5.75 Å². The van der Waals surface area contributed by atoms with Gasteiger partial charge in [0.05, 0.1) is 0 Å². The van der Waals surface area contributed by atoms with Crippen LogP contribution >= 0.6 is 12.2 Å². The van der Waals surface area contributed by atoms with Crippen LogP contribution in [0.2, 0.25) is 0 Å². The summed E-state index contributed by atoms with van der Waals surface area (Å²) < 4.78 is 5.50. The molecule has 0 unspecified atom stereocenters. The first-order valence-corrected chi connectivity index (χ1v) is 5.08. The van der Waals surface area contributed by atoms with Gasteiger partial charge in [0, 0.05) is 39.9 Å². The van der Waals surface area contributed by atoms with Gasteiger partial charge in [-0.15, -0.1) is 0 Å².